The highest BCUT2D eigenvalue weighted by Gasteiger charge is 2.34. The molecular weight excluding hydrogens is 357 g/mol. The molecule has 24 heavy (non-hydrogen) atoms. The van der Waals surface area contributed by atoms with Gasteiger partial charge < -0.3 is 4.90 Å². The van der Waals surface area contributed by atoms with E-state index in [1.807, 2.05) is 6.92 Å². The van der Waals surface area contributed by atoms with Gasteiger partial charge in [0.15, 0.2) is 0 Å². The average molecular weight is 372 g/mol. The van der Waals surface area contributed by atoms with E-state index in [9.17, 15) is 18.0 Å². The smallest absolute Gasteiger partial charge is 0.306 e. The molecule has 0 spiro atoms. The number of aryl methyl sites for hydroxylation is 1. The van der Waals surface area contributed by atoms with Crippen LogP contribution in [0.2, 0.25) is 0 Å². The molecule has 0 saturated heterocycles. The van der Waals surface area contributed by atoms with E-state index < -0.39 is 11.7 Å². The van der Waals surface area contributed by atoms with Gasteiger partial charge in [-0.05, 0) is 31.5 Å². The third-order valence-electron chi connectivity index (χ3n) is 3.85. The summed E-state index contributed by atoms with van der Waals surface area (Å²) < 4.78 is 39.3. The van der Waals surface area contributed by atoms with Gasteiger partial charge in [0, 0.05) is 16.7 Å². The predicted octanol–water partition coefficient (Wildman–Crippen LogP) is 5.00. The van der Waals surface area contributed by atoms with Crippen molar-refractivity contribution in [2.24, 2.45) is 0 Å². The molecule has 2 heterocycles. The maximum Gasteiger partial charge on any atom is 0.416 e. The van der Waals surface area contributed by atoms with E-state index in [0.29, 0.717) is 34.1 Å². The summed E-state index contributed by atoms with van der Waals surface area (Å²) in [5.74, 6) is -0.287. The second kappa shape index (κ2) is 6.40. The molecule has 1 atom stereocenters. The number of anilines is 1. The number of carbonyl (C=O) groups excluding carboxylic acids is 1. The fraction of sp³-hybridized carbons (Fsp3) is 0.375. The number of carbonyl (C=O) groups is 1. The Morgan fingerprint density at radius 3 is 2.75 bits per heavy atom. The number of hydrogen-bond acceptors (Lipinski definition) is 4. The number of rotatable bonds is 1. The third kappa shape index (κ3) is 3.30. The van der Waals surface area contributed by atoms with Crippen molar-refractivity contribution in [3.63, 3.8) is 0 Å². The van der Waals surface area contributed by atoms with Gasteiger partial charge in [0.2, 0.25) is 0 Å². The van der Waals surface area contributed by atoms with Crippen LogP contribution in [0, 0.1) is 6.92 Å². The summed E-state index contributed by atoms with van der Waals surface area (Å²) in [6.07, 6.45) is -3.73. The molecule has 0 aliphatic carbocycles. The zero-order chi connectivity index (χ0) is 17.5. The van der Waals surface area contributed by atoms with E-state index in [1.54, 1.807) is 12.4 Å². The third-order valence-corrected chi connectivity index (χ3v) is 6.00. The molecule has 128 valence electrons. The molecule has 1 aromatic heterocycles. The molecule has 2 aromatic rings. The number of thioether (sulfide) groups is 1. The van der Waals surface area contributed by atoms with Gasteiger partial charge in [-0.3, -0.25) is 4.79 Å². The largest absolute Gasteiger partial charge is 0.416 e. The minimum absolute atomic E-state index is 0.223. The molecule has 1 aromatic carbocycles. The highest BCUT2D eigenvalue weighted by Crippen LogP contribution is 2.41. The number of fused-ring (bicyclic) bond motifs is 1. The van der Waals surface area contributed by atoms with Crippen molar-refractivity contribution >= 4 is 34.7 Å². The molecule has 1 unspecified atom stereocenters. The monoisotopic (exact) mass is 372 g/mol. The van der Waals surface area contributed by atoms with Gasteiger partial charge in [0.25, 0.3) is 5.91 Å². The van der Waals surface area contributed by atoms with Crippen LogP contribution in [0.15, 0.2) is 28.6 Å². The summed E-state index contributed by atoms with van der Waals surface area (Å²) >= 11 is 2.71. The van der Waals surface area contributed by atoms with E-state index in [2.05, 4.69) is 4.98 Å². The minimum atomic E-state index is -4.44. The summed E-state index contributed by atoms with van der Waals surface area (Å²) in [5, 5.41) is 0.223. The number of thiazole rings is 1. The Morgan fingerprint density at radius 2 is 2.12 bits per heavy atom. The van der Waals surface area contributed by atoms with E-state index in [-0.39, 0.29) is 11.2 Å². The van der Waals surface area contributed by atoms with Crippen LogP contribution in [0.3, 0.4) is 0 Å². The highest BCUT2D eigenvalue weighted by atomic mass is 32.2. The first-order valence-corrected chi connectivity index (χ1v) is 9.13. The van der Waals surface area contributed by atoms with Crippen LogP contribution >= 0.6 is 23.1 Å². The number of benzene rings is 1. The van der Waals surface area contributed by atoms with E-state index in [1.165, 1.54) is 34.1 Å². The van der Waals surface area contributed by atoms with Gasteiger partial charge in [-0.1, -0.05) is 6.92 Å². The summed E-state index contributed by atoms with van der Waals surface area (Å²) in [6, 6.07) is 3.61. The second-order valence-electron chi connectivity index (χ2n) is 5.62. The van der Waals surface area contributed by atoms with Crippen molar-refractivity contribution < 1.29 is 18.0 Å². The molecule has 8 heteroatoms. The lowest BCUT2D eigenvalue weighted by atomic mass is 10.1. The Morgan fingerprint density at radius 1 is 1.38 bits per heavy atom. The first-order valence-electron chi connectivity index (χ1n) is 7.37. The standard InChI is InChI=1S/C16H15F3N2OS2/c1-9-5-6-21(15(22)14-10(2)20-8-23-14)12-7-11(16(17,18)19)3-4-13(12)24-9/h3-4,7-9H,5-6H2,1-2H3. The van der Waals surface area contributed by atoms with E-state index >= 15 is 0 Å². The molecule has 0 saturated carbocycles. The lowest BCUT2D eigenvalue weighted by molar-refractivity contribution is -0.137. The highest BCUT2D eigenvalue weighted by molar-refractivity contribution is 8.00. The number of nitrogens with zero attached hydrogens (tertiary/aromatic N) is 2. The molecule has 0 fully saturated rings. The van der Waals surface area contributed by atoms with Gasteiger partial charge >= 0.3 is 6.18 Å². The zero-order valence-corrected chi connectivity index (χ0v) is 14.7. The summed E-state index contributed by atoms with van der Waals surface area (Å²) in [4.78, 5) is 19.6. The Hall–Kier alpha value is -1.54. The van der Waals surface area contributed by atoms with Gasteiger partial charge in [-0.15, -0.1) is 23.1 Å². The summed E-state index contributed by atoms with van der Waals surface area (Å²) in [6.45, 7) is 4.13. The quantitative estimate of drug-likeness (QED) is 0.706. The summed E-state index contributed by atoms with van der Waals surface area (Å²) in [7, 11) is 0. The molecular formula is C16H15F3N2OS2. The van der Waals surface area contributed by atoms with Crippen molar-refractivity contribution in [1.29, 1.82) is 0 Å². The van der Waals surface area contributed by atoms with Crippen molar-refractivity contribution in [3.8, 4) is 0 Å². The summed E-state index contributed by atoms with van der Waals surface area (Å²) in [5.41, 5.74) is 1.76. The van der Waals surface area contributed by atoms with Crippen molar-refractivity contribution in [2.45, 2.75) is 36.6 Å². The van der Waals surface area contributed by atoms with Crippen LogP contribution in [0.1, 0.15) is 34.3 Å². The lowest BCUT2D eigenvalue weighted by Gasteiger charge is -2.23. The van der Waals surface area contributed by atoms with Crippen LogP contribution in [0.5, 0.6) is 0 Å². The molecule has 1 aliphatic heterocycles. The maximum absolute atomic E-state index is 13.1. The average Bonchev–Trinajstić information content (AvgIpc) is 2.85. The lowest BCUT2D eigenvalue weighted by Crippen LogP contribution is -2.32. The molecule has 0 N–H and O–H groups in total. The van der Waals surface area contributed by atoms with Gasteiger partial charge in [-0.25, -0.2) is 4.98 Å². The fourth-order valence-electron chi connectivity index (χ4n) is 2.55. The Kier molecular flexibility index (Phi) is 4.61. The molecule has 3 nitrogen and oxygen atoms in total. The normalized spacial score (nSPS) is 18.2. The zero-order valence-electron chi connectivity index (χ0n) is 13.1. The van der Waals surface area contributed by atoms with Gasteiger partial charge in [-0.2, -0.15) is 13.2 Å². The molecule has 0 bridgehead atoms. The first-order chi connectivity index (χ1) is 11.3. The van der Waals surface area contributed by atoms with Crippen LogP contribution in [-0.4, -0.2) is 22.7 Å². The van der Waals surface area contributed by atoms with Crippen LogP contribution in [-0.2, 0) is 6.18 Å². The number of aromatic nitrogens is 1. The van der Waals surface area contributed by atoms with E-state index in [0.717, 1.165) is 12.1 Å². The fourth-order valence-corrected chi connectivity index (χ4v) is 4.40. The van der Waals surface area contributed by atoms with Crippen LogP contribution in [0.25, 0.3) is 0 Å². The number of hydrogen-bond donors (Lipinski definition) is 0. The Labute approximate surface area is 145 Å². The van der Waals surface area contributed by atoms with Crippen LogP contribution < -0.4 is 4.90 Å². The molecule has 1 amide bonds. The Bertz CT molecular complexity index is 773. The second-order valence-corrected chi connectivity index (χ2v) is 7.96. The maximum atomic E-state index is 13.1. The SMILES string of the molecule is Cc1ncsc1C(=O)N1CCC(C)Sc2ccc(C(F)(F)F)cc21. The molecule has 0 radical (unpaired) electrons. The van der Waals surface area contributed by atoms with E-state index in [4.69, 9.17) is 0 Å². The number of alkyl halides is 3. The number of halogens is 3. The topological polar surface area (TPSA) is 33.2 Å². The van der Waals surface area contributed by atoms with Gasteiger partial charge in [0.05, 0.1) is 22.5 Å². The van der Waals surface area contributed by atoms with Crippen molar-refractivity contribution in [1.82, 2.24) is 4.98 Å². The minimum Gasteiger partial charge on any atom is -0.306 e. The number of amides is 1. The first kappa shape index (κ1) is 17.3. The van der Waals surface area contributed by atoms with Crippen molar-refractivity contribution in [3.05, 3.63) is 39.8 Å². The molecule has 1 aliphatic rings. The van der Waals surface area contributed by atoms with Crippen LogP contribution in [0.4, 0.5) is 18.9 Å². The Balaban J connectivity index is 2.08. The predicted molar refractivity (Wildman–Crippen MR) is 89.9 cm³/mol. The van der Waals surface area contributed by atoms with Gasteiger partial charge in [0.1, 0.15) is 4.88 Å². The molecule has 3 rings (SSSR count). The van der Waals surface area contributed by atoms with Crippen molar-refractivity contribution in [2.75, 3.05) is 11.4 Å².